The van der Waals surface area contributed by atoms with Crippen LogP contribution in [0.2, 0.25) is 5.02 Å². The van der Waals surface area contributed by atoms with Crippen molar-refractivity contribution in [3.8, 4) is 0 Å². The minimum Gasteiger partial charge on any atom is -0.349 e. The highest BCUT2D eigenvalue weighted by molar-refractivity contribution is 7.89. The van der Waals surface area contributed by atoms with Gasteiger partial charge in [-0.05, 0) is 67.5 Å². The van der Waals surface area contributed by atoms with Crippen LogP contribution in [0.15, 0.2) is 53.4 Å². The average molecular weight is 433 g/mol. The van der Waals surface area contributed by atoms with Crippen molar-refractivity contribution in [2.24, 2.45) is 5.92 Å². The number of carbonyl (C=O) groups excluding carboxylic acids is 1. The number of nitrogens with zero attached hydrogens (tertiary/aromatic N) is 1. The highest BCUT2D eigenvalue weighted by atomic mass is 35.5. The van der Waals surface area contributed by atoms with E-state index in [-0.39, 0.29) is 29.3 Å². The Hall–Kier alpha value is -1.89. The Kier molecular flexibility index (Phi) is 5.95. The molecule has 0 unspecified atom stereocenters. The fourth-order valence-electron chi connectivity index (χ4n) is 4.32. The average Bonchev–Trinajstić information content (AvgIpc) is 2.74. The third-order valence-corrected chi connectivity index (χ3v) is 8.02. The summed E-state index contributed by atoms with van der Waals surface area (Å²) in [5, 5.41) is 3.68. The van der Waals surface area contributed by atoms with Crippen LogP contribution in [0.1, 0.15) is 42.9 Å². The normalized spacial score (nSPS) is 22.7. The van der Waals surface area contributed by atoms with E-state index in [0.717, 1.165) is 19.3 Å². The number of benzene rings is 2. The lowest BCUT2D eigenvalue weighted by atomic mass is 9.87. The van der Waals surface area contributed by atoms with Crippen molar-refractivity contribution in [2.45, 2.75) is 43.0 Å². The number of nitrogens with one attached hydrogen (secondary N) is 1. The van der Waals surface area contributed by atoms with Crippen LogP contribution in [0.5, 0.6) is 0 Å². The summed E-state index contributed by atoms with van der Waals surface area (Å²) in [5.41, 5.74) is 2.48. The van der Waals surface area contributed by atoms with E-state index in [2.05, 4.69) is 17.4 Å². The molecule has 1 aliphatic heterocycles. The second-order valence-electron chi connectivity index (χ2n) is 7.81. The highest BCUT2D eigenvalue weighted by Gasteiger charge is 2.34. The van der Waals surface area contributed by atoms with Crippen molar-refractivity contribution in [1.29, 1.82) is 0 Å². The van der Waals surface area contributed by atoms with Crippen LogP contribution >= 0.6 is 11.6 Å². The van der Waals surface area contributed by atoms with E-state index in [1.165, 1.54) is 27.6 Å². The third kappa shape index (κ3) is 4.34. The van der Waals surface area contributed by atoms with Crippen LogP contribution in [0.3, 0.4) is 0 Å². The Morgan fingerprint density at radius 2 is 1.79 bits per heavy atom. The number of aryl methyl sites for hydroxylation is 1. The fourth-order valence-corrected chi connectivity index (χ4v) is 5.97. The lowest BCUT2D eigenvalue weighted by molar-refractivity contribution is -0.127. The van der Waals surface area contributed by atoms with Crippen molar-refractivity contribution in [2.75, 3.05) is 13.1 Å². The molecule has 0 radical (unpaired) electrons. The molecule has 5 nitrogen and oxygen atoms in total. The Labute approximate surface area is 177 Å². The summed E-state index contributed by atoms with van der Waals surface area (Å²) >= 11 is 5.88. The second kappa shape index (κ2) is 8.46. The molecular weight excluding hydrogens is 408 g/mol. The molecule has 4 rings (SSSR count). The number of fused-ring (bicyclic) bond motifs is 1. The standard InChI is InChI=1S/C22H25ClN2O3S/c23-18-10-12-19(13-11-18)29(27,28)25-14-4-7-17(15-25)22(26)24-21-9-3-6-16-5-1-2-8-20(16)21/h1-2,5,8,10-13,17,21H,3-4,6-7,9,14-15H2,(H,24,26)/t17-,21-/m1/s1. The number of carbonyl (C=O) groups is 1. The predicted molar refractivity (Wildman–Crippen MR) is 113 cm³/mol. The van der Waals surface area contributed by atoms with E-state index < -0.39 is 10.0 Å². The summed E-state index contributed by atoms with van der Waals surface area (Å²) < 4.78 is 27.4. The molecule has 0 aromatic heterocycles. The maximum atomic E-state index is 13.0. The Bertz CT molecular complexity index is 991. The molecule has 0 saturated carbocycles. The molecule has 0 bridgehead atoms. The molecule has 2 aromatic carbocycles. The summed E-state index contributed by atoms with van der Waals surface area (Å²) in [5.74, 6) is -0.386. The third-order valence-electron chi connectivity index (χ3n) is 5.89. The summed E-state index contributed by atoms with van der Waals surface area (Å²) in [6, 6.07) is 14.4. The van der Waals surface area contributed by atoms with Gasteiger partial charge in [0.1, 0.15) is 0 Å². The Morgan fingerprint density at radius 1 is 1.03 bits per heavy atom. The summed E-state index contributed by atoms with van der Waals surface area (Å²) in [4.78, 5) is 13.2. The zero-order chi connectivity index (χ0) is 20.4. The van der Waals surface area contributed by atoms with E-state index in [1.807, 2.05) is 12.1 Å². The van der Waals surface area contributed by atoms with Crippen molar-refractivity contribution < 1.29 is 13.2 Å². The quantitative estimate of drug-likeness (QED) is 0.795. The first-order chi connectivity index (χ1) is 13.9. The minimum absolute atomic E-state index is 0.00991. The van der Waals surface area contributed by atoms with Gasteiger partial charge in [0, 0.05) is 18.1 Å². The molecule has 1 heterocycles. The van der Waals surface area contributed by atoms with Gasteiger partial charge in [0.05, 0.1) is 16.9 Å². The van der Waals surface area contributed by atoms with Gasteiger partial charge in [0.2, 0.25) is 15.9 Å². The van der Waals surface area contributed by atoms with Gasteiger partial charge >= 0.3 is 0 Å². The van der Waals surface area contributed by atoms with E-state index in [9.17, 15) is 13.2 Å². The maximum Gasteiger partial charge on any atom is 0.243 e. The Morgan fingerprint density at radius 3 is 2.59 bits per heavy atom. The second-order valence-corrected chi connectivity index (χ2v) is 10.2. The van der Waals surface area contributed by atoms with E-state index >= 15 is 0 Å². The van der Waals surface area contributed by atoms with Crippen molar-refractivity contribution in [3.63, 3.8) is 0 Å². The topological polar surface area (TPSA) is 66.5 Å². The first-order valence-electron chi connectivity index (χ1n) is 10.1. The number of piperidine rings is 1. The molecule has 7 heteroatoms. The molecule has 1 amide bonds. The molecule has 1 aliphatic carbocycles. The SMILES string of the molecule is O=C(N[C@@H]1CCCc2ccccc21)[C@@H]1CCCN(S(=O)(=O)c2ccc(Cl)cc2)C1. The summed E-state index contributed by atoms with van der Waals surface area (Å²) in [6.07, 6.45) is 4.38. The van der Waals surface area contributed by atoms with Gasteiger partial charge in [-0.25, -0.2) is 8.42 Å². The van der Waals surface area contributed by atoms with Crippen LogP contribution in [0.4, 0.5) is 0 Å². The fraction of sp³-hybridized carbons (Fsp3) is 0.409. The molecule has 0 spiro atoms. The number of sulfonamides is 1. The number of halogens is 1. The molecular formula is C22H25ClN2O3S. The Balaban J connectivity index is 1.46. The lowest BCUT2D eigenvalue weighted by Gasteiger charge is -2.33. The molecule has 1 N–H and O–H groups in total. The zero-order valence-electron chi connectivity index (χ0n) is 16.2. The van der Waals surface area contributed by atoms with Crippen molar-refractivity contribution in [1.82, 2.24) is 9.62 Å². The predicted octanol–water partition coefficient (Wildman–Crippen LogP) is 3.93. The molecule has 2 aliphatic rings. The highest BCUT2D eigenvalue weighted by Crippen LogP contribution is 2.31. The maximum absolute atomic E-state index is 13.0. The van der Waals surface area contributed by atoms with Gasteiger partial charge in [0.25, 0.3) is 0 Å². The largest absolute Gasteiger partial charge is 0.349 e. The molecule has 29 heavy (non-hydrogen) atoms. The zero-order valence-corrected chi connectivity index (χ0v) is 17.8. The van der Waals surface area contributed by atoms with Crippen LogP contribution < -0.4 is 5.32 Å². The number of hydrogen-bond acceptors (Lipinski definition) is 3. The van der Waals surface area contributed by atoms with Gasteiger partial charge in [-0.2, -0.15) is 4.31 Å². The van der Waals surface area contributed by atoms with Gasteiger partial charge in [-0.3, -0.25) is 4.79 Å². The number of rotatable bonds is 4. The molecule has 1 fully saturated rings. The first-order valence-corrected chi connectivity index (χ1v) is 11.9. The van der Waals surface area contributed by atoms with Gasteiger partial charge in [0.15, 0.2) is 0 Å². The molecule has 154 valence electrons. The number of amides is 1. The van der Waals surface area contributed by atoms with Crippen LogP contribution in [-0.4, -0.2) is 31.7 Å². The van der Waals surface area contributed by atoms with E-state index in [0.29, 0.717) is 24.4 Å². The lowest BCUT2D eigenvalue weighted by Crippen LogP contribution is -2.46. The van der Waals surface area contributed by atoms with E-state index in [4.69, 9.17) is 11.6 Å². The molecule has 2 atom stereocenters. The minimum atomic E-state index is -3.63. The van der Waals surface area contributed by atoms with Crippen molar-refractivity contribution in [3.05, 3.63) is 64.7 Å². The monoisotopic (exact) mass is 432 g/mol. The van der Waals surface area contributed by atoms with Crippen LogP contribution in [0, 0.1) is 5.92 Å². The van der Waals surface area contributed by atoms with E-state index in [1.54, 1.807) is 12.1 Å². The van der Waals surface area contributed by atoms with Gasteiger partial charge in [-0.1, -0.05) is 35.9 Å². The molecule has 2 aromatic rings. The smallest absolute Gasteiger partial charge is 0.243 e. The van der Waals surface area contributed by atoms with Crippen LogP contribution in [0.25, 0.3) is 0 Å². The van der Waals surface area contributed by atoms with Gasteiger partial charge in [-0.15, -0.1) is 0 Å². The molecule has 1 saturated heterocycles. The van der Waals surface area contributed by atoms with Gasteiger partial charge < -0.3 is 5.32 Å². The van der Waals surface area contributed by atoms with Crippen LogP contribution in [-0.2, 0) is 21.2 Å². The summed E-state index contributed by atoms with van der Waals surface area (Å²) in [7, 11) is -3.63. The summed E-state index contributed by atoms with van der Waals surface area (Å²) in [6.45, 7) is 0.645. The first kappa shape index (κ1) is 20.4. The number of hydrogen-bond donors (Lipinski definition) is 1. The van der Waals surface area contributed by atoms with Crippen molar-refractivity contribution >= 4 is 27.5 Å².